The molecule has 1 atom stereocenters. The second-order valence-corrected chi connectivity index (χ2v) is 4.26. The van der Waals surface area contributed by atoms with E-state index >= 15 is 0 Å². The molecule has 0 aliphatic rings. The van der Waals surface area contributed by atoms with Gasteiger partial charge in [-0.3, -0.25) is 20.2 Å². The van der Waals surface area contributed by atoms with Crippen molar-refractivity contribution < 1.29 is 19.7 Å². The molecule has 0 aliphatic carbocycles. The van der Waals surface area contributed by atoms with E-state index in [1.807, 2.05) is 0 Å². The Balaban J connectivity index is 3.20. The van der Waals surface area contributed by atoms with E-state index in [4.69, 9.17) is 0 Å². The standard InChI is InChI=1S/C10H12N4O6/c1-5(2)8(10(15)16)12-9-7(14(19)20)3-6(4-11-9)13(17)18/h3-5,8H,1-2H3,(H,11,12)(H,15,16)/p-1. The molecule has 20 heavy (non-hydrogen) atoms. The number of carbonyl (C=O) groups excluding carboxylic acids is 1. The van der Waals surface area contributed by atoms with Crippen molar-refractivity contribution in [1.82, 2.24) is 4.98 Å². The van der Waals surface area contributed by atoms with Crippen LogP contribution in [0.15, 0.2) is 12.3 Å². The highest BCUT2D eigenvalue weighted by atomic mass is 16.6. The molecule has 1 aromatic rings. The molecule has 0 spiro atoms. The number of aliphatic carboxylic acids is 1. The normalized spacial score (nSPS) is 11.9. The molecule has 0 saturated heterocycles. The van der Waals surface area contributed by atoms with E-state index in [1.165, 1.54) is 0 Å². The van der Waals surface area contributed by atoms with Gasteiger partial charge >= 0.3 is 5.69 Å². The van der Waals surface area contributed by atoms with Crippen LogP contribution in [0.4, 0.5) is 17.2 Å². The summed E-state index contributed by atoms with van der Waals surface area (Å²) in [5.74, 6) is -2.23. The number of nitrogens with zero attached hydrogens (tertiary/aromatic N) is 3. The number of nitro groups is 2. The minimum atomic E-state index is -1.45. The molecule has 0 radical (unpaired) electrons. The van der Waals surface area contributed by atoms with E-state index in [9.17, 15) is 30.1 Å². The summed E-state index contributed by atoms with van der Waals surface area (Å²) in [4.78, 5) is 34.2. The maximum absolute atomic E-state index is 10.9. The smallest absolute Gasteiger partial charge is 0.318 e. The van der Waals surface area contributed by atoms with Crippen molar-refractivity contribution in [3.8, 4) is 0 Å². The van der Waals surface area contributed by atoms with E-state index in [2.05, 4.69) is 10.3 Å². The lowest BCUT2D eigenvalue weighted by molar-refractivity contribution is -0.394. The van der Waals surface area contributed by atoms with Gasteiger partial charge in [-0.15, -0.1) is 0 Å². The van der Waals surface area contributed by atoms with Crippen LogP contribution in [0.25, 0.3) is 0 Å². The van der Waals surface area contributed by atoms with Crippen LogP contribution in [-0.4, -0.2) is 26.8 Å². The van der Waals surface area contributed by atoms with Crippen LogP contribution in [0.3, 0.4) is 0 Å². The van der Waals surface area contributed by atoms with Gasteiger partial charge in [0.15, 0.2) is 0 Å². The van der Waals surface area contributed by atoms with Crippen LogP contribution in [0.1, 0.15) is 13.8 Å². The van der Waals surface area contributed by atoms with Gasteiger partial charge in [0.25, 0.3) is 5.69 Å². The fourth-order valence-electron chi connectivity index (χ4n) is 1.44. The minimum Gasteiger partial charge on any atom is -0.548 e. The first-order valence-corrected chi connectivity index (χ1v) is 5.50. The first-order chi connectivity index (χ1) is 9.23. The zero-order valence-corrected chi connectivity index (χ0v) is 10.6. The SMILES string of the molecule is CC(C)C(Nc1ncc([N+](=O)[O-])cc1[N+](=O)[O-])C(=O)[O-]. The number of anilines is 1. The van der Waals surface area contributed by atoms with Gasteiger partial charge < -0.3 is 15.2 Å². The summed E-state index contributed by atoms with van der Waals surface area (Å²) in [6.07, 6.45) is 0.808. The van der Waals surface area contributed by atoms with Gasteiger partial charge in [0.1, 0.15) is 6.20 Å². The van der Waals surface area contributed by atoms with Gasteiger partial charge in [-0.25, -0.2) is 4.98 Å². The summed E-state index contributed by atoms with van der Waals surface area (Å²) < 4.78 is 0. The summed E-state index contributed by atoms with van der Waals surface area (Å²) in [5.41, 5.74) is -1.23. The highest BCUT2D eigenvalue weighted by Crippen LogP contribution is 2.27. The number of carboxylic acid groups (broad SMARTS) is 1. The number of pyridine rings is 1. The molecule has 10 heteroatoms. The zero-order valence-electron chi connectivity index (χ0n) is 10.6. The van der Waals surface area contributed by atoms with Gasteiger partial charge in [-0.1, -0.05) is 13.8 Å². The number of aromatic nitrogens is 1. The van der Waals surface area contributed by atoms with Crippen molar-refractivity contribution >= 4 is 23.2 Å². The molecule has 0 aromatic carbocycles. The first kappa shape index (κ1) is 15.3. The van der Waals surface area contributed by atoms with Crippen molar-refractivity contribution in [1.29, 1.82) is 0 Å². The van der Waals surface area contributed by atoms with Crippen molar-refractivity contribution in [2.24, 2.45) is 5.92 Å². The van der Waals surface area contributed by atoms with E-state index in [1.54, 1.807) is 13.8 Å². The molecule has 0 fully saturated rings. The lowest BCUT2D eigenvalue weighted by Gasteiger charge is -2.23. The molecular weight excluding hydrogens is 272 g/mol. The number of hydrogen-bond acceptors (Lipinski definition) is 8. The Bertz CT molecular complexity index is 559. The third kappa shape index (κ3) is 3.37. The number of nitrogens with one attached hydrogen (secondary N) is 1. The highest BCUT2D eigenvalue weighted by Gasteiger charge is 2.24. The van der Waals surface area contributed by atoms with Crippen LogP contribution < -0.4 is 10.4 Å². The molecule has 0 saturated carbocycles. The van der Waals surface area contributed by atoms with Crippen LogP contribution >= 0.6 is 0 Å². The molecule has 1 N–H and O–H groups in total. The molecule has 1 aromatic heterocycles. The lowest BCUT2D eigenvalue weighted by Crippen LogP contribution is -2.44. The molecule has 0 amide bonds. The predicted octanol–water partition coefficient (Wildman–Crippen LogP) is 0.0844. The Kier molecular flexibility index (Phi) is 4.51. The van der Waals surface area contributed by atoms with Crippen molar-refractivity contribution in [2.45, 2.75) is 19.9 Å². The molecular formula is C10H11N4O6-. The van der Waals surface area contributed by atoms with Gasteiger partial charge in [0.2, 0.25) is 5.82 Å². The maximum Gasteiger partial charge on any atom is 0.318 e. The summed E-state index contributed by atoms with van der Waals surface area (Å²) >= 11 is 0. The number of rotatable bonds is 6. The summed E-state index contributed by atoms with van der Waals surface area (Å²) in [6.45, 7) is 3.15. The third-order valence-electron chi connectivity index (χ3n) is 2.47. The van der Waals surface area contributed by atoms with Gasteiger partial charge in [-0.2, -0.15) is 0 Å². The fraction of sp³-hybridized carbons (Fsp3) is 0.400. The monoisotopic (exact) mass is 283 g/mol. The van der Waals surface area contributed by atoms with Gasteiger partial charge in [0.05, 0.1) is 27.9 Å². The predicted molar refractivity (Wildman–Crippen MR) is 64.8 cm³/mol. The average molecular weight is 283 g/mol. The van der Waals surface area contributed by atoms with Gasteiger partial charge in [-0.05, 0) is 5.92 Å². The first-order valence-electron chi connectivity index (χ1n) is 5.50. The quantitative estimate of drug-likeness (QED) is 0.569. The summed E-state index contributed by atoms with van der Waals surface area (Å²) in [7, 11) is 0. The van der Waals surface area contributed by atoms with Crippen LogP contribution in [-0.2, 0) is 4.79 Å². The van der Waals surface area contributed by atoms with Crippen LogP contribution in [0, 0.1) is 26.1 Å². The maximum atomic E-state index is 10.9. The molecule has 1 rings (SSSR count). The molecule has 0 aliphatic heterocycles. The van der Waals surface area contributed by atoms with Crippen LogP contribution in [0.5, 0.6) is 0 Å². The summed E-state index contributed by atoms with van der Waals surface area (Å²) in [6, 6.07) is -0.496. The topological polar surface area (TPSA) is 151 Å². The van der Waals surface area contributed by atoms with E-state index in [0.29, 0.717) is 6.07 Å². The molecule has 10 nitrogen and oxygen atoms in total. The Hall–Kier alpha value is -2.78. The van der Waals surface area contributed by atoms with Crippen molar-refractivity contribution in [3.63, 3.8) is 0 Å². The van der Waals surface area contributed by atoms with Crippen LogP contribution in [0.2, 0.25) is 0 Å². The van der Waals surface area contributed by atoms with E-state index < -0.39 is 39.2 Å². The Morgan fingerprint density at radius 2 is 1.90 bits per heavy atom. The molecule has 1 heterocycles. The van der Waals surface area contributed by atoms with E-state index in [0.717, 1.165) is 6.20 Å². The lowest BCUT2D eigenvalue weighted by atomic mass is 10.0. The van der Waals surface area contributed by atoms with Crippen molar-refractivity contribution in [3.05, 3.63) is 32.5 Å². The van der Waals surface area contributed by atoms with Gasteiger partial charge in [0, 0.05) is 0 Å². The Morgan fingerprint density at radius 1 is 1.30 bits per heavy atom. The van der Waals surface area contributed by atoms with Crippen molar-refractivity contribution in [2.75, 3.05) is 5.32 Å². The fourth-order valence-corrected chi connectivity index (χ4v) is 1.44. The zero-order chi connectivity index (χ0) is 15.4. The summed E-state index contributed by atoms with van der Waals surface area (Å²) in [5, 5.41) is 34.7. The third-order valence-corrected chi connectivity index (χ3v) is 2.47. The second kappa shape index (κ2) is 5.91. The number of carboxylic acids is 1. The minimum absolute atomic E-state index is 0.358. The number of hydrogen-bond donors (Lipinski definition) is 1. The molecule has 108 valence electrons. The molecule has 0 bridgehead atoms. The molecule has 1 unspecified atom stereocenters. The average Bonchev–Trinajstić information content (AvgIpc) is 2.34. The number of carbonyl (C=O) groups is 1. The van der Waals surface area contributed by atoms with E-state index in [-0.39, 0.29) is 5.82 Å². The highest BCUT2D eigenvalue weighted by molar-refractivity contribution is 5.76. The Labute approximate surface area is 112 Å². The Morgan fingerprint density at radius 3 is 2.30 bits per heavy atom. The largest absolute Gasteiger partial charge is 0.548 e. The second-order valence-electron chi connectivity index (χ2n) is 4.26.